The number of aliphatic carboxylic acids is 1. The van der Waals surface area contributed by atoms with Gasteiger partial charge in [-0.1, -0.05) is 0 Å². The van der Waals surface area contributed by atoms with Gasteiger partial charge in [0.05, 0.1) is 5.84 Å². The van der Waals surface area contributed by atoms with Crippen molar-refractivity contribution in [3.8, 4) is 0 Å². The third kappa shape index (κ3) is 1.19. The van der Waals surface area contributed by atoms with Crippen molar-refractivity contribution in [2.45, 2.75) is 18.9 Å². The van der Waals surface area contributed by atoms with Gasteiger partial charge < -0.3 is 10.8 Å². The van der Waals surface area contributed by atoms with E-state index in [2.05, 4.69) is 4.99 Å². The number of nitrogens with zero attached hydrogens (tertiary/aromatic N) is 1. The molecule has 0 bridgehead atoms. The number of hydrogen-bond acceptors (Lipinski definition) is 3. The van der Waals surface area contributed by atoms with E-state index in [-0.39, 0.29) is 0 Å². The van der Waals surface area contributed by atoms with Crippen LogP contribution in [0.5, 0.6) is 0 Å². The monoisotopic (exact) mass is 128 g/mol. The molecule has 1 atom stereocenters. The Morgan fingerprint density at radius 2 is 2.56 bits per heavy atom. The highest BCUT2D eigenvalue weighted by Gasteiger charge is 2.21. The van der Waals surface area contributed by atoms with E-state index in [1.807, 2.05) is 0 Å². The Bertz CT molecular complexity index is 164. The molecule has 1 aliphatic heterocycles. The van der Waals surface area contributed by atoms with Crippen LogP contribution in [-0.4, -0.2) is 23.0 Å². The molecule has 50 valence electrons. The van der Waals surface area contributed by atoms with Crippen molar-refractivity contribution in [3.63, 3.8) is 0 Å². The van der Waals surface area contributed by atoms with Crippen molar-refractivity contribution in [1.82, 2.24) is 0 Å². The van der Waals surface area contributed by atoms with Gasteiger partial charge in [0.25, 0.3) is 0 Å². The maximum atomic E-state index is 10.2. The summed E-state index contributed by atoms with van der Waals surface area (Å²) >= 11 is 0. The van der Waals surface area contributed by atoms with Crippen molar-refractivity contribution < 1.29 is 9.90 Å². The van der Waals surface area contributed by atoms with E-state index in [1.54, 1.807) is 0 Å². The van der Waals surface area contributed by atoms with Gasteiger partial charge in [0, 0.05) is 6.42 Å². The molecule has 0 aromatic heterocycles. The number of hydrogen-bond donors (Lipinski definition) is 2. The molecule has 0 radical (unpaired) electrons. The van der Waals surface area contributed by atoms with Crippen LogP contribution in [0.2, 0.25) is 0 Å². The second-order valence-corrected chi connectivity index (χ2v) is 2.01. The van der Waals surface area contributed by atoms with Crippen LogP contribution < -0.4 is 5.73 Å². The normalized spacial score (nSPS) is 25.8. The van der Waals surface area contributed by atoms with Crippen molar-refractivity contribution in [1.29, 1.82) is 0 Å². The van der Waals surface area contributed by atoms with Crippen LogP contribution in [0, 0.1) is 0 Å². The van der Waals surface area contributed by atoms with E-state index < -0.39 is 12.0 Å². The van der Waals surface area contributed by atoms with Gasteiger partial charge in [-0.3, -0.25) is 4.99 Å². The van der Waals surface area contributed by atoms with Gasteiger partial charge in [-0.05, 0) is 6.42 Å². The van der Waals surface area contributed by atoms with E-state index >= 15 is 0 Å². The molecule has 4 heteroatoms. The van der Waals surface area contributed by atoms with Crippen LogP contribution in [0.25, 0.3) is 0 Å². The molecule has 0 unspecified atom stereocenters. The van der Waals surface area contributed by atoms with E-state index in [0.717, 1.165) is 0 Å². The van der Waals surface area contributed by atoms with E-state index in [1.165, 1.54) is 0 Å². The Balaban J connectivity index is 2.57. The largest absolute Gasteiger partial charge is 0.480 e. The van der Waals surface area contributed by atoms with E-state index in [9.17, 15) is 4.79 Å². The van der Waals surface area contributed by atoms with Gasteiger partial charge >= 0.3 is 5.97 Å². The first-order valence-corrected chi connectivity index (χ1v) is 2.75. The summed E-state index contributed by atoms with van der Waals surface area (Å²) in [5.74, 6) is -0.419. The summed E-state index contributed by atoms with van der Waals surface area (Å²) in [5, 5.41) is 8.37. The molecule has 0 aromatic carbocycles. The zero-order valence-corrected chi connectivity index (χ0v) is 4.87. The predicted octanol–water partition coefficient (Wildman–Crippen LogP) is -0.409. The summed E-state index contributed by atoms with van der Waals surface area (Å²) in [4.78, 5) is 13.9. The van der Waals surface area contributed by atoms with Crippen molar-refractivity contribution >= 4 is 11.8 Å². The van der Waals surface area contributed by atoms with Gasteiger partial charge in [0.2, 0.25) is 0 Å². The Morgan fingerprint density at radius 3 is 2.78 bits per heavy atom. The van der Waals surface area contributed by atoms with Crippen molar-refractivity contribution in [3.05, 3.63) is 0 Å². The van der Waals surface area contributed by atoms with Crippen LogP contribution in [0.3, 0.4) is 0 Å². The molecule has 0 aliphatic carbocycles. The number of carboxylic acid groups (broad SMARTS) is 1. The fraction of sp³-hybridized carbons (Fsp3) is 0.600. The quantitative estimate of drug-likeness (QED) is 0.504. The Labute approximate surface area is 52.4 Å². The van der Waals surface area contributed by atoms with Crippen LogP contribution in [-0.2, 0) is 4.79 Å². The number of rotatable bonds is 1. The molecule has 0 spiro atoms. The lowest BCUT2D eigenvalue weighted by Gasteiger charge is -1.94. The highest BCUT2D eigenvalue weighted by atomic mass is 16.4. The Hall–Kier alpha value is -1.06. The molecule has 3 N–H and O–H groups in total. The van der Waals surface area contributed by atoms with Crippen LogP contribution >= 0.6 is 0 Å². The molecule has 0 fully saturated rings. The molecule has 1 heterocycles. The average Bonchev–Trinajstić information content (AvgIpc) is 2.14. The highest BCUT2D eigenvalue weighted by molar-refractivity contribution is 5.87. The summed E-state index contributed by atoms with van der Waals surface area (Å²) < 4.78 is 0. The summed E-state index contributed by atoms with van der Waals surface area (Å²) in [7, 11) is 0. The van der Waals surface area contributed by atoms with Gasteiger partial charge in [0.15, 0.2) is 0 Å². The van der Waals surface area contributed by atoms with Gasteiger partial charge in [-0.2, -0.15) is 0 Å². The molecule has 4 nitrogen and oxygen atoms in total. The van der Waals surface area contributed by atoms with Crippen LogP contribution in [0.4, 0.5) is 0 Å². The average molecular weight is 128 g/mol. The Morgan fingerprint density at radius 1 is 1.89 bits per heavy atom. The second-order valence-electron chi connectivity index (χ2n) is 2.01. The smallest absolute Gasteiger partial charge is 0.328 e. The lowest BCUT2D eigenvalue weighted by molar-refractivity contribution is -0.138. The van der Waals surface area contributed by atoms with Gasteiger partial charge in [0.1, 0.15) is 6.04 Å². The third-order valence-electron chi connectivity index (χ3n) is 1.28. The summed E-state index contributed by atoms with van der Waals surface area (Å²) in [5.41, 5.74) is 5.25. The number of amidine groups is 1. The second kappa shape index (κ2) is 2.05. The lowest BCUT2D eigenvalue weighted by Crippen LogP contribution is -2.14. The Kier molecular flexibility index (Phi) is 1.38. The number of carbonyl (C=O) groups is 1. The molecule has 0 saturated carbocycles. The summed E-state index contributed by atoms with van der Waals surface area (Å²) in [6.45, 7) is 0. The minimum absolute atomic E-state index is 0.461. The number of carboxylic acids is 1. The predicted molar refractivity (Wildman–Crippen MR) is 32.3 cm³/mol. The standard InChI is InChI=1S/C5H8N2O2/c6-4-2-1-3(7-4)5(8)9/h3H,1-2H2,(H2,6,7)(H,8,9)/t3-/m1/s1. The minimum atomic E-state index is -0.879. The highest BCUT2D eigenvalue weighted by Crippen LogP contribution is 2.09. The molecule has 0 aromatic rings. The molecule has 9 heavy (non-hydrogen) atoms. The van der Waals surface area contributed by atoms with Gasteiger partial charge in [-0.15, -0.1) is 0 Å². The first kappa shape index (κ1) is 6.07. The zero-order chi connectivity index (χ0) is 6.85. The third-order valence-corrected chi connectivity index (χ3v) is 1.28. The molecule has 1 aliphatic rings. The molecule has 1 rings (SSSR count). The first-order chi connectivity index (χ1) is 4.20. The molecule has 0 saturated heterocycles. The topological polar surface area (TPSA) is 75.7 Å². The van der Waals surface area contributed by atoms with Crippen LogP contribution in [0.15, 0.2) is 4.99 Å². The lowest BCUT2D eigenvalue weighted by atomic mass is 10.2. The van der Waals surface area contributed by atoms with Gasteiger partial charge in [-0.25, -0.2) is 4.79 Å². The summed E-state index contributed by atoms with van der Waals surface area (Å²) in [6.07, 6.45) is 1.18. The molecular formula is C5H8N2O2. The maximum Gasteiger partial charge on any atom is 0.328 e. The minimum Gasteiger partial charge on any atom is -0.480 e. The molecular weight excluding hydrogens is 120 g/mol. The number of nitrogens with two attached hydrogens (primary N) is 1. The molecule has 0 amide bonds. The van der Waals surface area contributed by atoms with Crippen LogP contribution in [0.1, 0.15) is 12.8 Å². The zero-order valence-electron chi connectivity index (χ0n) is 4.87. The fourth-order valence-corrected chi connectivity index (χ4v) is 0.793. The number of aliphatic imine (C=N–C) groups is 1. The van der Waals surface area contributed by atoms with E-state index in [4.69, 9.17) is 10.8 Å². The van der Waals surface area contributed by atoms with Crippen molar-refractivity contribution in [2.24, 2.45) is 10.7 Å². The fourth-order valence-electron chi connectivity index (χ4n) is 0.793. The first-order valence-electron chi connectivity index (χ1n) is 2.75. The SMILES string of the molecule is NC1=N[C@@H](C(=O)O)CC1. The maximum absolute atomic E-state index is 10.2. The van der Waals surface area contributed by atoms with Crippen molar-refractivity contribution in [2.75, 3.05) is 0 Å². The van der Waals surface area contributed by atoms with E-state index in [0.29, 0.717) is 18.7 Å². The summed E-state index contributed by atoms with van der Waals surface area (Å²) in [6, 6.07) is -0.579.